The van der Waals surface area contributed by atoms with Crippen molar-refractivity contribution < 1.29 is 14.5 Å². The van der Waals surface area contributed by atoms with Gasteiger partial charge in [0.1, 0.15) is 6.04 Å². The fraction of sp³-hybridized carbons (Fsp3) is 0.368. The number of nitrogens with one attached hydrogen (secondary N) is 1. The number of benzene rings is 1. The van der Waals surface area contributed by atoms with Gasteiger partial charge in [-0.1, -0.05) is 6.07 Å². The summed E-state index contributed by atoms with van der Waals surface area (Å²) in [5.41, 5.74) is 1.19. The monoisotopic (exact) mass is 419 g/mol. The fourth-order valence-electron chi connectivity index (χ4n) is 3.15. The van der Waals surface area contributed by atoms with Gasteiger partial charge in [-0.05, 0) is 47.9 Å². The Balaban J connectivity index is 1.73. The van der Waals surface area contributed by atoms with E-state index in [-0.39, 0.29) is 17.2 Å². The molecule has 0 bridgehead atoms. The quantitative estimate of drug-likeness (QED) is 0.550. The van der Waals surface area contributed by atoms with E-state index in [9.17, 15) is 19.7 Å². The summed E-state index contributed by atoms with van der Waals surface area (Å²) in [6.45, 7) is 1.19. The summed E-state index contributed by atoms with van der Waals surface area (Å²) in [7, 11) is 0. The minimum atomic E-state index is -0.653. The zero-order valence-corrected chi connectivity index (χ0v) is 17.1. The van der Waals surface area contributed by atoms with Crippen LogP contribution >= 0.6 is 23.1 Å². The third kappa shape index (κ3) is 4.71. The topological polar surface area (TPSA) is 92.5 Å². The summed E-state index contributed by atoms with van der Waals surface area (Å²) in [5.74, 6) is 0.143. The first-order chi connectivity index (χ1) is 13.5. The van der Waals surface area contributed by atoms with Crippen LogP contribution < -0.4 is 5.32 Å². The van der Waals surface area contributed by atoms with Gasteiger partial charge in [-0.25, -0.2) is 0 Å². The van der Waals surface area contributed by atoms with Crippen molar-refractivity contribution in [1.82, 2.24) is 10.2 Å². The van der Waals surface area contributed by atoms with Gasteiger partial charge in [0.15, 0.2) is 0 Å². The van der Waals surface area contributed by atoms with E-state index >= 15 is 0 Å². The second-order valence-corrected chi connectivity index (χ2v) is 8.48. The van der Waals surface area contributed by atoms with Gasteiger partial charge in [-0.2, -0.15) is 11.8 Å². The molecule has 1 unspecified atom stereocenters. The molecule has 2 amide bonds. The Morgan fingerprint density at radius 2 is 2.21 bits per heavy atom. The molecule has 3 rings (SSSR count). The molecule has 0 saturated heterocycles. The maximum absolute atomic E-state index is 13.1. The number of carbonyl (C=O) groups excluding carboxylic acids is 2. The Labute approximate surface area is 171 Å². The number of hydrogen-bond acceptors (Lipinski definition) is 6. The van der Waals surface area contributed by atoms with Crippen molar-refractivity contribution in [3.8, 4) is 0 Å². The third-order valence-corrected chi connectivity index (χ3v) is 6.32. The van der Waals surface area contributed by atoms with Gasteiger partial charge in [0.2, 0.25) is 5.91 Å². The van der Waals surface area contributed by atoms with E-state index in [1.165, 1.54) is 34.7 Å². The van der Waals surface area contributed by atoms with E-state index in [2.05, 4.69) is 5.32 Å². The van der Waals surface area contributed by atoms with Crippen LogP contribution in [-0.4, -0.2) is 46.2 Å². The van der Waals surface area contributed by atoms with Crippen molar-refractivity contribution in [2.75, 3.05) is 18.6 Å². The number of nitro groups is 1. The molecule has 9 heteroatoms. The highest BCUT2D eigenvalue weighted by molar-refractivity contribution is 7.98. The summed E-state index contributed by atoms with van der Waals surface area (Å²) in [6.07, 6.45) is 3.28. The van der Waals surface area contributed by atoms with Crippen molar-refractivity contribution in [3.05, 3.63) is 61.8 Å². The normalized spacial score (nSPS) is 14.2. The molecular formula is C19H21N3O4S2. The summed E-state index contributed by atoms with van der Waals surface area (Å²) < 4.78 is 0. The second-order valence-electron chi connectivity index (χ2n) is 6.49. The average molecular weight is 420 g/mol. The molecule has 1 aliphatic heterocycles. The minimum Gasteiger partial charge on any atom is -0.340 e. The smallest absolute Gasteiger partial charge is 0.270 e. The summed E-state index contributed by atoms with van der Waals surface area (Å²) >= 11 is 3.31. The number of amides is 2. The Morgan fingerprint density at radius 1 is 1.39 bits per heavy atom. The van der Waals surface area contributed by atoms with Crippen LogP contribution in [0.2, 0.25) is 0 Å². The molecule has 0 saturated carbocycles. The number of rotatable bonds is 7. The van der Waals surface area contributed by atoms with Gasteiger partial charge < -0.3 is 10.2 Å². The molecular weight excluding hydrogens is 398 g/mol. The molecule has 1 aliphatic rings. The number of thiophene rings is 1. The van der Waals surface area contributed by atoms with Crippen LogP contribution in [0.15, 0.2) is 35.7 Å². The number of hydrogen-bond donors (Lipinski definition) is 1. The zero-order chi connectivity index (χ0) is 20.1. The van der Waals surface area contributed by atoms with Crippen LogP contribution in [0.5, 0.6) is 0 Å². The Bertz CT molecular complexity index is 884. The van der Waals surface area contributed by atoms with E-state index in [0.29, 0.717) is 19.5 Å². The Morgan fingerprint density at radius 3 is 2.96 bits per heavy atom. The van der Waals surface area contributed by atoms with Crippen molar-refractivity contribution >= 4 is 40.6 Å². The van der Waals surface area contributed by atoms with E-state index in [4.69, 9.17) is 0 Å². The summed E-state index contributed by atoms with van der Waals surface area (Å²) in [6, 6.07) is 6.92. The van der Waals surface area contributed by atoms with Crippen molar-refractivity contribution in [3.63, 3.8) is 0 Å². The van der Waals surface area contributed by atoms with Gasteiger partial charge in [0.05, 0.1) is 4.92 Å². The maximum Gasteiger partial charge on any atom is 0.270 e. The lowest BCUT2D eigenvalue weighted by Crippen LogP contribution is -2.50. The number of nitro benzene ring substituents is 1. The van der Waals surface area contributed by atoms with E-state index in [1.807, 2.05) is 17.7 Å². The lowest BCUT2D eigenvalue weighted by molar-refractivity contribution is -0.384. The molecule has 1 N–H and O–H groups in total. The first-order valence-electron chi connectivity index (χ1n) is 8.88. The molecule has 0 spiro atoms. The molecule has 1 aromatic heterocycles. The van der Waals surface area contributed by atoms with Crippen LogP contribution in [0, 0.1) is 10.1 Å². The first kappa shape index (κ1) is 20.3. The van der Waals surface area contributed by atoms with E-state index in [0.717, 1.165) is 12.2 Å². The molecule has 2 heterocycles. The average Bonchev–Trinajstić information content (AvgIpc) is 3.18. The maximum atomic E-state index is 13.1. The second kappa shape index (κ2) is 9.20. The predicted molar refractivity (Wildman–Crippen MR) is 111 cm³/mol. The number of nitrogens with zero attached hydrogens (tertiary/aromatic N) is 2. The standard InChI is InChI=1S/C19H21N3O4S2/c1-27-9-7-16(19(24)21-8-5-17-14(12-21)6-10-28-17)20-18(23)13-3-2-4-15(11-13)22(25)26/h2-4,6,10-11,16H,5,7-9,12H2,1H3,(H,20,23). The molecule has 0 radical (unpaired) electrons. The summed E-state index contributed by atoms with van der Waals surface area (Å²) in [4.78, 5) is 39.2. The molecule has 1 aromatic carbocycles. The predicted octanol–water partition coefficient (Wildman–Crippen LogP) is 3.09. The third-order valence-electron chi connectivity index (χ3n) is 4.65. The van der Waals surface area contributed by atoms with Gasteiger partial charge in [0, 0.05) is 35.7 Å². The van der Waals surface area contributed by atoms with Gasteiger partial charge in [-0.3, -0.25) is 19.7 Å². The highest BCUT2D eigenvalue weighted by Gasteiger charge is 2.29. The molecule has 1 atom stereocenters. The molecule has 2 aromatic rings. The highest BCUT2D eigenvalue weighted by Crippen LogP contribution is 2.25. The molecule has 0 aliphatic carbocycles. The SMILES string of the molecule is CSCCC(NC(=O)c1cccc([N+](=O)[O-])c1)C(=O)N1CCc2sccc2C1. The van der Waals surface area contributed by atoms with Crippen LogP contribution in [0.25, 0.3) is 0 Å². The first-order valence-corrected chi connectivity index (χ1v) is 11.1. The Kier molecular flexibility index (Phi) is 6.69. The van der Waals surface area contributed by atoms with Crippen LogP contribution in [0.4, 0.5) is 5.69 Å². The van der Waals surface area contributed by atoms with Gasteiger partial charge in [0.25, 0.3) is 11.6 Å². The molecule has 148 valence electrons. The largest absolute Gasteiger partial charge is 0.340 e. The van der Waals surface area contributed by atoms with Gasteiger partial charge >= 0.3 is 0 Å². The highest BCUT2D eigenvalue weighted by atomic mass is 32.2. The van der Waals surface area contributed by atoms with Crippen LogP contribution in [-0.2, 0) is 17.8 Å². The lowest BCUT2D eigenvalue weighted by atomic mass is 10.1. The van der Waals surface area contributed by atoms with Crippen LogP contribution in [0.3, 0.4) is 0 Å². The summed E-state index contributed by atoms with van der Waals surface area (Å²) in [5, 5.41) is 15.8. The van der Waals surface area contributed by atoms with Gasteiger partial charge in [-0.15, -0.1) is 11.3 Å². The van der Waals surface area contributed by atoms with E-state index < -0.39 is 16.9 Å². The Hall–Kier alpha value is -2.39. The number of thioether (sulfide) groups is 1. The fourth-order valence-corrected chi connectivity index (χ4v) is 4.51. The number of non-ortho nitro benzene ring substituents is 1. The molecule has 0 fully saturated rings. The van der Waals surface area contributed by atoms with Crippen LogP contribution in [0.1, 0.15) is 27.2 Å². The lowest BCUT2D eigenvalue weighted by Gasteiger charge is -2.31. The van der Waals surface area contributed by atoms with Crippen molar-refractivity contribution in [1.29, 1.82) is 0 Å². The number of fused-ring (bicyclic) bond motifs is 1. The van der Waals surface area contributed by atoms with Crippen molar-refractivity contribution in [2.45, 2.75) is 25.4 Å². The molecule has 7 nitrogen and oxygen atoms in total. The van der Waals surface area contributed by atoms with E-state index in [1.54, 1.807) is 28.0 Å². The zero-order valence-electron chi connectivity index (χ0n) is 15.4. The number of carbonyl (C=O) groups is 2. The minimum absolute atomic E-state index is 0.107. The molecule has 28 heavy (non-hydrogen) atoms. The van der Waals surface area contributed by atoms with Crippen molar-refractivity contribution in [2.24, 2.45) is 0 Å².